The van der Waals surface area contributed by atoms with Gasteiger partial charge in [0.2, 0.25) is 5.91 Å². The Morgan fingerprint density at radius 3 is 2.83 bits per heavy atom. The normalized spacial score (nSPS) is 17.3. The first-order valence-electron chi connectivity index (χ1n) is 7.77. The Labute approximate surface area is 134 Å². The Bertz CT molecular complexity index is 911. The molecule has 0 fully saturated rings. The van der Waals surface area contributed by atoms with Crippen molar-refractivity contribution in [1.82, 2.24) is 4.57 Å². The molecule has 1 atom stereocenters. The minimum atomic E-state index is -0.146. The second-order valence-electron chi connectivity index (χ2n) is 6.03. The number of nitrogens with zero attached hydrogens (tertiary/aromatic N) is 1. The summed E-state index contributed by atoms with van der Waals surface area (Å²) in [6, 6.07) is 14.2. The van der Waals surface area contributed by atoms with Gasteiger partial charge in [0.1, 0.15) is 6.10 Å². The van der Waals surface area contributed by atoms with Crippen LogP contribution in [0.4, 0.5) is 5.69 Å². The van der Waals surface area contributed by atoms with Crippen LogP contribution in [0.2, 0.25) is 0 Å². The van der Waals surface area contributed by atoms with Crippen molar-refractivity contribution in [3.05, 3.63) is 48.7 Å². The number of hydrogen-bond donors (Lipinski definition) is 1. The van der Waals surface area contributed by atoms with Crippen LogP contribution in [0.1, 0.15) is 13.3 Å². The van der Waals surface area contributed by atoms with Crippen molar-refractivity contribution >= 4 is 22.5 Å². The Kier molecular flexibility index (Phi) is 3.11. The van der Waals surface area contributed by atoms with Gasteiger partial charge in [0.15, 0.2) is 5.75 Å². The lowest BCUT2D eigenvalue weighted by atomic mass is 10.0. The summed E-state index contributed by atoms with van der Waals surface area (Å²) in [6.45, 7) is 1.93. The number of hydrogen-bond acceptors (Lipinski definition) is 2. The van der Waals surface area contributed by atoms with Gasteiger partial charge in [-0.1, -0.05) is 30.3 Å². The first-order valence-corrected chi connectivity index (χ1v) is 7.77. The van der Waals surface area contributed by atoms with Gasteiger partial charge in [0.05, 0.1) is 12.1 Å². The highest BCUT2D eigenvalue weighted by atomic mass is 16.5. The molecule has 0 saturated heterocycles. The molecule has 0 spiro atoms. The Morgan fingerprint density at radius 1 is 1.13 bits per heavy atom. The number of nitrogens with one attached hydrogen (secondary N) is 1. The summed E-state index contributed by atoms with van der Waals surface area (Å²) in [4.78, 5) is 11.9. The molecule has 4 rings (SSSR count). The van der Waals surface area contributed by atoms with E-state index in [2.05, 4.69) is 28.2 Å². The van der Waals surface area contributed by atoms with Crippen LogP contribution in [-0.4, -0.2) is 16.6 Å². The molecule has 23 heavy (non-hydrogen) atoms. The lowest BCUT2D eigenvalue weighted by molar-refractivity contribution is -0.117. The van der Waals surface area contributed by atoms with Crippen molar-refractivity contribution in [2.45, 2.75) is 19.4 Å². The Morgan fingerprint density at radius 2 is 1.96 bits per heavy atom. The van der Waals surface area contributed by atoms with E-state index in [0.29, 0.717) is 6.42 Å². The molecule has 1 aromatic heterocycles. The molecule has 116 valence electrons. The van der Waals surface area contributed by atoms with Crippen LogP contribution >= 0.6 is 0 Å². The van der Waals surface area contributed by atoms with Crippen LogP contribution < -0.4 is 10.1 Å². The summed E-state index contributed by atoms with van der Waals surface area (Å²) < 4.78 is 8.19. The average Bonchev–Trinajstić information content (AvgIpc) is 2.77. The second-order valence-corrected chi connectivity index (χ2v) is 6.03. The molecule has 2 aromatic carbocycles. The van der Waals surface area contributed by atoms with E-state index in [1.165, 1.54) is 10.9 Å². The maximum absolute atomic E-state index is 11.9. The number of aryl methyl sites for hydroxylation is 1. The molecule has 1 amide bonds. The number of rotatable bonds is 1. The standard InChI is InChI=1S/C19H18N2O2/c1-12-10-18(22)20-16-8-5-7-14(19(16)23-12)15-11-21(2)17-9-4-3-6-13(15)17/h3-9,11-12H,10H2,1-2H3,(H,20,22)/t12-/m1/s1. The molecule has 4 heteroatoms. The molecule has 2 heterocycles. The minimum Gasteiger partial charge on any atom is -0.487 e. The highest BCUT2D eigenvalue weighted by Crippen LogP contribution is 2.42. The average molecular weight is 306 g/mol. The fourth-order valence-corrected chi connectivity index (χ4v) is 3.24. The van der Waals surface area contributed by atoms with Gasteiger partial charge in [-0.3, -0.25) is 4.79 Å². The topological polar surface area (TPSA) is 43.3 Å². The lowest BCUT2D eigenvalue weighted by Gasteiger charge is -2.15. The maximum Gasteiger partial charge on any atom is 0.228 e. The number of carbonyl (C=O) groups excluding carboxylic acids is 1. The van der Waals surface area contributed by atoms with E-state index in [1.807, 2.05) is 44.3 Å². The maximum atomic E-state index is 11.9. The number of fused-ring (bicyclic) bond motifs is 2. The quantitative estimate of drug-likeness (QED) is 0.739. The van der Waals surface area contributed by atoms with E-state index >= 15 is 0 Å². The first kappa shape index (κ1) is 13.9. The van der Waals surface area contributed by atoms with Crippen molar-refractivity contribution in [1.29, 1.82) is 0 Å². The predicted octanol–water partition coefficient (Wildman–Crippen LogP) is 3.95. The molecule has 1 aliphatic rings. The fourth-order valence-electron chi connectivity index (χ4n) is 3.24. The number of benzene rings is 2. The van der Waals surface area contributed by atoms with Crippen LogP contribution in [0.15, 0.2) is 48.7 Å². The third-order valence-electron chi connectivity index (χ3n) is 4.27. The van der Waals surface area contributed by atoms with E-state index in [1.54, 1.807) is 0 Å². The molecule has 0 radical (unpaired) electrons. The largest absolute Gasteiger partial charge is 0.487 e. The smallest absolute Gasteiger partial charge is 0.228 e. The van der Waals surface area contributed by atoms with Crippen molar-refractivity contribution in [3.63, 3.8) is 0 Å². The summed E-state index contributed by atoms with van der Waals surface area (Å²) in [7, 11) is 2.04. The number of amides is 1. The number of carbonyl (C=O) groups is 1. The van der Waals surface area contributed by atoms with Crippen LogP contribution in [0.5, 0.6) is 5.75 Å². The van der Waals surface area contributed by atoms with Crippen molar-refractivity contribution < 1.29 is 9.53 Å². The van der Waals surface area contributed by atoms with Gasteiger partial charge in [-0.25, -0.2) is 0 Å². The van der Waals surface area contributed by atoms with E-state index < -0.39 is 0 Å². The van der Waals surface area contributed by atoms with E-state index in [-0.39, 0.29) is 12.0 Å². The number of aromatic nitrogens is 1. The van der Waals surface area contributed by atoms with E-state index in [0.717, 1.165) is 22.6 Å². The monoisotopic (exact) mass is 306 g/mol. The van der Waals surface area contributed by atoms with Gasteiger partial charge in [-0.2, -0.15) is 0 Å². The third kappa shape index (κ3) is 2.27. The second kappa shape index (κ2) is 5.16. The summed E-state index contributed by atoms with van der Waals surface area (Å²) in [5, 5.41) is 4.12. The van der Waals surface area contributed by atoms with Crippen LogP contribution in [0.3, 0.4) is 0 Å². The molecule has 4 nitrogen and oxygen atoms in total. The number of ether oxygens (including phenoxy) is 1. The van der Waals surface area contributed by atoms with Crippen molar-refractivity contribution in [2.24, 2.45) is 7.05 Å². The predicted molar refractivity (Wildman–Crippen MR) is 91.7 cm³/mol. The van der Waals surface area contributed by atoms with E-state index in [9.17, 15) is 4.79 Å². The molecule has 0 bridgehead atoms. The number of para-hydroxylation sites is 2. The summed E-state index contributed by atoms with van der Waals surface area (Å²) in [5.41, 5.74) is 4.03. The van der Waals surface area contributed by atoms with Crippen molar-refractivity contribution in [2.75, 3.05) is 5.32 Å². The summed E-state index contributed by atoms with van der Waals surface area (Å²) in [5.74, 6) is 0.744. The van der Waals surface area contributed by atoms with Gasteiger partial charge in [0.25, 0.3) is 0 Å². The third-order valence-corrected chi connectivity index (χ3v) is 4.27. The molecule has 0 aliphatic carbocycles. The highest BCUT2D eigenvalue weighted by Gasteiger charge is 2.23. The molecule has 1 aliphatic heterocycles. The van der Waals surface area contributed by atoms with Crippen LogP contribution in [-0.2, 0) is 11.8 Å². The molecule has 1 N–H and O–H groups in total. The Hall–Kier alpha value is -2.75. The van der Waals surface area contributed by atoms with Gasteiger partial charge in [-0.15, -0.1) is 0 Å². The fraction of sp³-hybridized carbons (Fsp3) is 0.211. The van der Waals surface area contributed by atoms with Gasteiger partial charge in [-0.05, 0) is 19.1 Å². The molecule has 0 saturated carbocycles. The summed E-state index contributed by atoms with van der Waals surface area (Å²) in [6.07, 6.45) is 2.33. The molecule has 0 unspecified atom stereocenters. The number of anilines is 1. The highest BCUT2D eigenvalue weighted by molar-refractivity contribution is 6.01. The van der Waals surface area contributed by atoms with Crippen molar-refractivity contribution in [3.8, 4) is 16.9 Å². The van der Waals surface area contributed by atoms with Crippen LogP contribution in [0.25, 0.3) is 22.0 Å². The zero-order valence-electron chi connectivity index (χ0n) is 13.2. The first-order chi connectivity index (χ1) is 11.1. The lowest BCUT2D eigenvalue weighted by Crippen LogP contribution is -2.17. The Balaban J connectivity index is 1.96. The van der Waals surface area contributed by atoms with Crippen LogP contribution in [0, 0.1) is 0 Å². The minimum absolute atomic E-state index is 0.00804. The molecular weight excluding hydrogens is 288 g/mol. The molecule has 3 aromatic rings. The van der Waals surface area contributed by atoms with Gasteiger partial charge in [0, 0.05) is 35.3 Å². The van der Waals surface area contributed by atoms with E-state index in [4.69, 9.17) is 4.74 Å². The molecular formula is C19H18N2O2. The SMILES string of the molecule is C[C@@H]1CC(=O)Nc2cccc(-c3cn(C)c4ccccc34)c2O1. The van der Waals surface area contributed by atoms with Gasteiger partial charge >= 0.3 is 0 Å². The van der Waals surface area contributed by atoms with Gasteiger partial charge < -0.3 is 14.6 Å². The zero-order valence-corrected chi connectivity index (χ0v) is 13.2. The summed E-state index contributed by atoms with van der Waals surface area (Å²) >= 11 is 0. The zero-order chi connectivity index (χ0) is 16.0.